The van der Waals surface area contributed by atoms with Gasteiger partial charge in [-0.15, -0.1) is 0 Å². The van der Waals surface area contributed by atoms with Gasteiger partial charge >= 0.3 is 12.1 Å². The van der Waals surface area contributed by atoms with Gasteiger partial charge in [-0.2, -0.15) is 0 Å². The molecule has 1 unspecified atom stereocenters. The van der Waals surface area contributed by atoms with Gasteiger partial charge in [0.05, 0.1) is 19.1 Å². The van der Waals surface area contributed by atoms with E-state index in [9.17, 15) is 14.4 Å². The van der Waals surface area contributed by atoms with Crippen LogP contribution in [-0.2, 0) is 9.53 Å². The molecule has 8 heteroatoms. The molecule has 3 aliphatic heterocycles. The van der Waals surface area contributed by atoms with Crippen molar-refractivity contribution in [2.45, 2.75) is 24.5 Å². The molecule has 1 saturated carbocycles. The van der Waals surface area contributed by atoms with E-state index in [1.807, 2.05) is 30.3 Å². The number of anilines is 1. The second-order valence-corrected chi connectivity index (χ2v) is 7.85. The number of para-hydroxylation sites is 1. The summed E-state index contributed by atoms with van der Waals surface area (Å²) in [6.45, 7) is 2.19. The van der Waals surface area contributed by atoms with Gasteiger partial charge in [0.25, 0.3) is 0 Å². The average molecular weight is 370 g/mol. The van der Waals surface area contributed by atoms with Crippen molar-refractivity contribution in [3.05, 3.63) is 30.3 Å². The molecule has 1 aliphatic carbocycles. The molecule has 4 aliphatic rings. The number of fused-ring (bicyclic) bond motifs is 2. The first-order valence-corrected chi connectivity index (χ1v) is 9.45. The summed E-state index contributed by atoms with van der Waals surface area (Å²) in [5, 5.41) is 2.89. The molecule has 1 aromatic carbocycles. The molecule has 5 rings (SSSR count). The summed E-state index contributed by atoms with van der Waals surface area (Å²) < 4.78 is 5.69. The quantitative estimate of drug-likeness (QED) is 0.852. The number of urea groups is 1. The molecule has 0 radical (unpaired) electrons. The summed E-state index contributed by atoms with van der Waals surface area (Å²) in [4.78, 5) is 42.4. The van der Waals surface area contributed by atoms with Crippen molar-refractivity contribution < 1.29 is 19.1 Å². The van der Waals surface area contributed by atoms with Crippen LogP contribution >= 0.6 is 0 Å². The van der Waals surface area contributed by atoms with Gasteiger partial charge in [0, 0.05) is 31.2 Å². The lowest BCUT2D eigenvalue weighted by Crippen LogP contribution is -2.72. The van der Waals surface area contributed by atoms with Crippen LogP contribution < -0.4 is 5.32 Å². The normalized spacial score (nSPS) is 25.7. The van der Waals surface area contributed by atoms with E-state index in [-0.39, 0.29) is 30.0 Å². The molecule has 8 nitrogen and oxygen atoms in total. The minimum absolute atomic E-state index is 0.162. The maximum Gasteiger partial charge on any atom is 0.411 e. The Kier molecular flexibility index (Phi) is 3.57. The highest BCUT2D eigenvalue weighted by Gasteiger charge is 2.63. The van der Waals surface area contributed by atoms with Crippen molar-refractivity contribution in [3.63, 3.8) is 0 Å². The standard InChI is InChI=1S/C19H22N4O4/c24-16(13-6-7-13)22-11-19(12-22)15-10-21(8-9-23(15)18(26)27-19)17(25)20-14-4-2-1-3-5-14/h1-5,13,15H,6-12H2,(H,20,25). The molecule has 4 fully saturated rings. The molecular weight excluding hydrogens is 348 g/mol. The number of likely N-dealkylation sites (tertiary alicyclic amines) is 1. The molecule has 4 amide bonds. The number of rotatable bonds is 2. The van der Waals surface area contributed by atoms with Gasteiger partial charge in [0.2, 0.25) is 5.91 Å². The fraction of sp³-hybridized carbons (Fsp3) is 0.526. The van der Waals surface area contributed by atoms with Crippen molar-refractivity contribution in [2.24, 2.45) is 5.92 Å². The lowest BCUT2D eigenvalue weighted by atomic mass is 9.84. The van der Waals surface area contributed by atoms with E-state index in [1.54, 1.807) is 14.7 Å². The molecule has 142 valence electrons. The zero-order chi connectivity index (χ0) is 18.6. The monoisotopic (exact) mass is 370 g/mol. The van der Waals surface area contributed by atoms with Gasteiger partial charge in [-0.25, -0.2) is 9.59 Å². The highest BCUT2D eigenvalue weighted by atomic mass is 16.6. The third-order valence-corrected chi connectivity index (χ3v) is 5.98. The van der Waals surface area contributed by atoms with Gasteiger partial charge in [0.15, 0.2) is 5.60 Å². The van der Waals surface area contributed by atoms with Crippen LogP contribution in [-0.4, -0.2) is 77.1 Å². The van der Waals surface area contributed by atoms with Gasteiger partial charge in [0.1, 0.15) is 0 Å². The zero-order valence-electron chi connectivity index (χ0n) is 15.0. The molecule has 1 atom stereocenters. The Morgan fingerprint density at radius 1 is 1.07 bits per heavy atom. The summed E-state index contributed by atoms with van der Waals surface area (Å²) in [6.07, 6.45) is 1.59. The number of nitrogens with zero attached hydrogens (tertiary/aromatic N) is 3. The van der Waals surface area contributed by atoms with E-state index in [0.29, 0.717) is 32.7 Å². The molecule has 1 spiro atoms. The minimum atomic E-state index is -0.673. The number of piperazine rings is 1. The van der Waals surface area contributed by atoms with Crippen LogP contribution in [0, 0.1) is 5.92 Å². The van der Waals surface area contributed by atoms with E-state index in [4.69, 9.17) is 4.74 Å². The number of hydrogen-bond donors (Lipinski definition) is 1. The lowest BCUT2D eigenvalue weighted by Gasteiger charge is -2.51. The van der Waals surface area contributed by atoms with E-state index < -0.39 is 5.60 Å². The summed E-state index contributed by atoms with van der Waals surface area (Å²) >= 11 is 0. The molecule has 0 bridgehead atoms. The maximum absolute atomic E-state index is 12.6. The predicted molar refractivity (Wildman–Crippen MR) is 96.0 cm³/mol. The Morgan fingerprint density at radius 2 is 1.81 bits per heavy atom. The Hall–Kier alpha value is -2.77. The van der Waals surface area contributed by atoms with Crippen LogP contribution in [0.2, 0.25) is 0 Å². The second-order valence-electron chi connectivity index (χ2n) is 7.85. The van der Waals surface area contributed by atoms with Gasteiger partial charge < -0.3 is 19.9 Å². The molecule has 3 saturated heterocycles. The Morgan fingerprint density at radius 3 is 2.52 bits per heavy atom. The van der Waals surface area contributed by atoms with Crippen LogP contribution in [0.1, 0.15) is 12.8 Å². The van der Waals surface area contributed by atoms with Gasteiger partial charge in [-0.3, -0.25) is 9.69 Å². The third-order valence-electron chi connectivity index (χ3n) is 5.98. The topological polar surface area (TPSA) is 82.2 Å². The number of amides is 4. The first kappa shape index (κ1) is 16.4. The number of hydrogen-bond acceptors (Lipinski definition) is 4. The van der Waals surface area contributed by atoms with Crippen molar-refractivity contribution in [1.82, 2.24) is 14.7 Å². The molecule has 27 heavy (non-hydrogen) atoms. The van der Waals surface area contributed by atoms with Crippen LogP contribution in [0.5, 0.6) is 0 Å². The Labute approximate surface area is 157 Å². The summed E-state index contributed by atoms with van der Waals surface area (Å²) in [6, 6.07) is 8.92. The molecule has 1 N–H and O–H groups in total. The fourth-order valence-electron chi connectivity index (χ4n) is 4.28. The summed E-state index contributed by atoms with van der Waals surface area (Å²) in [7, 11) is 0. The maximum atomic E-state index is 12.6. The van der Waals surface area contributed by atoms with Crippen molar-refractivity contribution in [1.29, 1.82) is 0 Å². The van der Waals surface area contributed by atoms with Gasteiger partial charge in [-0.05, 0) is 25.0 Å². The van der Waals surface area contributed by atoms with Gasteiger partial charge in [-0.1, -0.05) is 18.2 Å². The van der Waals surface area contributed by atoms with Crippen molar-refractivity contribution >= 4 is 23.7 Å². The molecular formula is C19H22N4O4. The smallest absolute Gasteiger partial charge is 0.411 e. The van der Waals surface area contributed by atoms with Crippen molar-refractivity contribution in [3.8, 4) is 0 Å². The van der Waals surface area contributed by atoms with E-state index in [0.717, 1.165) is 18.5 Å². The number of nitrogens with one attached hydrogen (secondary N) is 1. The van der Waals surface area contributed by atoms with Crippen LogP contribution in [0.3, 0.4) is 0 Å². The Balaban J connectivity index is 1.27. The lowest BCUT2D eigenvalue weighted by molar-refractivity contribution is -0.156. The van der Waals surface area contributed by atoms with Crippen molar-refractivity contribution in [2.75, 3.05) is 38.0 Å². The van der Waals surface area contributed by atoms with Crippen LogP contribution in [0.25, 0.3) is 0 Å². The first-order chi connectivity index (χ1) is 13.1. The highest BCUT2D eigenvalue weighted by molar-refractivity contribution is 5.89. The SMILES string of the molecule is O=C(Nc1ccccc1)N1CCN2C(=O)OC3(CN(C(=O)C4CC4)C3)C2C1. The molecule has 1 aromatic rings. The number of carbonyl (C=O) groups is 3. The number of ether oxygens (including phenoxy) is 1. The fourth-order valence-corrected chi connectivity index (χ4v) is 4.28. The first-order valence-electron chi connectivity index (χ1n) is 9.45. The van der Waals surface area contributed by atoms with E-state index in [2.05, 4.69) is 5.32 Å². The number of carbonyl (C=O) groups excluding carboxylic acids is 3. The Bertz CT molecular complexity index is 788. The largest absolute Gasteiger partial charge is 0.437 e. The highest BCUT2D eigenvalue weighted by Crippen LogP contribution is 2.42. The third kappa shape index (κ3) is 2.70. The molecule has 0 aromatic heterocycles. The van der Waals surface area contributed by atoms with E-state index in [1.165, 1.54) is 0 Å². The second kappa shape index (κ2) is 5.87. The minimum Gasteiger partial charge on any atom is -0.437 e. The number of benzene rings is 1. The average Bonchev–Trinajstić information content (AvgIpc) is 3.45. The predicted octanol–water partition coefficient (Wildman–Crippen LogP) is 1.35. The molecule has 3 heterocycles. The zero-order valence-corrected chi connectivity index (χ0v) is 15.0. The summed E-state index contributed by atoms with van der Waals surface area (Å²) in [5.41, 5.74) is 0.0658. The van der Waals surface area contributed by atoms with E-state index >= 15 is 0 Å². The van der Waals surface area contributed by atoms with Crippen LogP contribution in [0.4, 0.5) is 15.3 Å². The summed E-state index contributed by atoms with van der Waals surface area (Å²) in [5.74, 6) is 0.333. The van der Waals surface area contributed by atoms with Crippen LogP contribution in [0.15, 0.2) is 30.3 Å².